The van der Waals surface area contributed by atoms with Crippen LogP contribution in [0.5, 0.6) is 0 Å². The average molecular weight is 811 g/mol. The molecule has 300 valence electrons. The number of aryl methyl sites for hydroxylation is 2. The van der Waals surface area contributed by atoms with E-state index >= 15 is 4.39 Å². The molecule has 56 heavy (non-hydrogen) atoms. The minimum absolute atomic E-state index is 0.0176. The second-order valence-electron chi connectivity index (χ2n) is 13.5. The van der Waals surface area contributed by atoms with E-state index in [-0.39, 0.29) is 35.6 Å². The molecule has 6 rings (SSSR count). The van der Waals surface area contributed by atoms with Crippen LogP contribution < -0.4 is 0 Å². The van der Waals surface area contributed by atoms with Gasteiger partial charge in [0.25, 0.3) is 0 Å². The van der Waals surface area contributed by atoms with Crippen LogP contribution in [0.2, 0.25) is 0 Å². The number of fused-ring (bicyclic) bond motifs is 2. The van der Waals surface area contributed by atoms with Gasteiger partial charge in [-0.05, 0) is 73.7 Å². The first-order valence-corrected chi connectivity index (χ1v) is 18.8. The van der Waals surface area contributed by atoms with Crippen molar-refractivity contribution in [2.24, 2.45) is 0 Å². The van der Waals surface area contributed by atoms with E-state index in [2.05, 4.69) is 9.05 Å². The molecule has 0 N–H and O–H groups in total. The summed E-state index contributed by atoms with van der Waals surface area (Å²) in [6.45, 7) is 6.29. The number of alkyl halides is 6. The van der Waals surface area contributed by atoms with E-state index < -0.39 is 55.5 Å². The Bertz CT molecular complexity index is 2320. The van der Waals surface area contributed by atoms with E-state index in [1.54, 1.807) is 23.4 Å². The second kappa shape index (κ2) is 15.1. The monoisotopic (exact) mass is 810 g/mol. The molecule has 18 heteroatoms. The van der Waals surface area contributed by atoms with E-state index in [9.17, 15) is 35.7 Å². The summed E-state index contributed by atoms with van der Waals surface area (Å²) in [6, 6.07) is 11.6. The molecule has 10 nitrogen and oxygen atoms in total. The van der Waals surface area contributed by atoms with Gasteiger partial charge in [-0.3, -0.25) is 13.9 Å². The molecular formula is C38H38F7N4O6P. The van der Waals surface area contributed by atoms with Crippen molar-refractivity contribution in [3.63, 3.8) is 0 Å². The number of phosphoric ester groups is 1. The third-order valence-electron chi connectivity index (χ3n) is 10.1. The fourth-order valence-electron chi connectivity index (χ4n) is 7.14. The second-order valence-corrected chi connectivity index (χ2v) is 15.4. The molecule has 0 aliphatic carbocycles. The van der Waals surface area contributed by atoms with Gasteiger partial charge in [0.1, 0.15) is 5.82 Å². The molecular weight excluding hydrogens is 772 g/mol. The van der Waals surface area contributed by atoms with Gasteiger partial charge in [0.2, 0.25) is 6.79 Å². The van der Waals surface area contributed by atoms with E-state index in [1.807, 2.05) is 32.0 Å². The number of hydrogen-bond acceptors (Lipinski definition) is 8. The first kappa shape index (κ1) is 41.1. The van der Waals surface area contributed by atoms with Gasteiger partial charge in [0, 0.05) is 50.0 Å². The van der Waals surface area contributed by atoms with Crippen LogP contribution in [0.15, 0.2) is 60.8 Å². The van der Waals surface area contributed by atoms with Crippen LogP contribution in [-0.4, -0.2) is 46.4 Å². The lowest BCUT2D eigenvalue weighted by Gasteiger charge is -2.33. The van der Waals surface area contributed by atoms with Crippen LogP contribution >= 0.6 is 7.82 Å². The zero-order valence-electron chi connectivity index (χ0n) is 31.1. The molecule has 0 spiro atoms. The molecule has 1 aliphatic rings. The highest BCUT2D eigenvalue weighted by Gasteiger charge is 2.45. The van der Waals surface area contributed by atoms with Crippen molar-refractivity contribution in [3.05, 3.63) is 106 Å². The average Bonchev–Trinajstić information content (AvgIpc) is 3.83. The molecule has 0 amide bonds. The fraction of sp³-hybridized carbons (Fsp3) is 0.368. The first-order valence-electron chi connectivity index (χ1n) is 17.4. The number of rotatable bonds is 11. The van der Waals surface area contributed by atoms with Gasteiger partial charge in [-0.25, -0.2) is 27.5 Å². The Labute approximate surface area is 317 Å². The third-order valence-corrected chi connectivity index (χ3v) is 11.4. The molecule has 3 aromatic carbocycles. The van der Waals surface area contributed by atoms with Crippen molar-refractivity contribution in [2.45, 2.75) is 71.5 Å². The molecule has 3 heterocycles. The zero-order valence-corrected chi connectivity index (χ0v) is 32.0. The Balaban J connectivity index is 1.51. The number of phosphoric acid groups is 1. The lowest BCUT2D eigenvalue weighted by Crippen LogP contribution is -2.36. The molecule has 0 saturated heterocycles. The highest BCUT2D eigenvalue weighted by molar-refractivity contribution is 7.48. The summed E-state index contributed by atoms with van der Waals surface area (Å²) in [5, 5.41) is 5.37. The maximum atomic E-state index is 15.7. The topological polar surface area (TPSA) is 97.0 Å². The van der Waals surface area contributed by atoms with Gasteiger partial charge in [0.15, 0.2) is 0 Å². The van der Waals surface area contributed by atoms with Gasteiger partial charge in [-0.2, -0.15) is 31.4 Å². The maximum Gasteiger partial charge on any atom is 0.477 e. The highest BCUT2D eigenvalue weighted by atomic mass is 31.2. The van der Waals surface area contributed by atoms with Crippen LogP contribution in [-0.2, 0) is 66.7 Å². The highest BCUT2D eigenvalue weighted by Crippen LogP contribution is 2.49. The van der Waals surface area contributed by atoms with Crippen molar-refractivity contribution < 1.29 is 58.4 Å². The minimum Gasteiger partial charge on any atom is -0.421 e. The SMILES string of the molecule is CCc1cccc(CC)c1-n1nc2c(c1-c1ccc(F)c3c1ccn3C(=O)OCOP(=O)(OC)OC)CN(Cc1ccc(C(F)(F)F)cc1C(F)(F)F)C2(C)C. The van der Waals surface area contributed by atoms with Gasteiger partial charge < -0.3 is 4.74 Å². The molecule has 0 bridgehead atoms. The van der Waals surface area contributed by atoms with Crippen LogP contribution in [0.1, 0.15) is 66.8 Å². The number of aromatic nitrogens is 3. The smallest absolute Gasteiger partial charge is 0.421 e. The summed E-state index contributed by atoms with van der Waals surface area (Å²) >= 11 is 0. The first-order chi connectivity index (χ1) is 26.3. The van der Waals surface area contributed by atoms with Crippen molar-refractivity contribution in [1.29, 1.82) is 0 Å². The fourth-order valence-corrected chi connectivity index (χ4v) is 7.68. The number of benzene rings is 3. The van der Waals surface area contributed by atoms with Gasteiger partial charge >= 0.3 is 26.3 Å². The van der Waals surface area contributed by atoms with E-state index in [4.69, 9.17) is 14.4 Å². The molecule has 1 aliphatic heterocycles. The third kappa shape index (κ3) is 7.38. The summed E-state index contributed by atoms with van der Waals surface area (Å²) in [5.41, 5.74) is 0.253. The normalized spacial score (nSPS) is 14.8. The molecule has 0 atom stereocenters. The number of ether oxygens (including phenoxy) is 1. The van der Waals surface area contributed by atoms with Crippen molar-refractivity contribution in [2.75, 3.05) is 21.0 Å². The van der Waals surface area contributed by atoms with E-state index in [0.717, 1.165) is 47.7 Å². The number of carbonyl (C=O) groups is 1. The molecule has 2 aromatic heterocycles. The van der Waals surface area contributed by atoms with E-state index in [1.165, 1.54) is 18.3 Å². The predicted molar refractivity (Wildman–Crippen MR) is 191 cm³/mol. The Morgan fingerprint density at radius 2 is 1.57 bits per heavy atom. The standard InChI is InChI=1S/C38H38F7N4O6P/c1-7-22-10-9-11-23(8-2)31(22)49-32(26-14-15-30(39)33-27(26)16-17-48(33)35(50)54-21-55-56(51,52-5)53-6)28-20-47(36(3,4)34(28)46-49)19-24-12-13-25(37(40,41)42)18-29(24)38(43,44)45/h9-18H,7-8,19-21H2,1-6H3. The van der Waals surface area contributed by atoms with Gasteiger partial charge in [-0.15, -0.1) is 0 Å². The van der Waals surface area contributed by atoms with Crippen LogP contribution in [0.4, 0.5) is 35.5 Å². The number of carbonyl (C=O) groups excluding carboxylic acids is 1. The Hall–Kier alpha value is -4.54. The summed E-state index contributed by atoms with van der Waals surface area (Å²) in [7, 11) is -1.86. The quantitative estimate of drug-likeness (QED) is 0.0739. The minimum atomic E-state index is -5.07. The number of para-hydroxylation sites is 1. The lowest BCUT2D eigenvalue weighted by molar-refractivity contribution is -0.143. The molecule has 0 fully saturated rings. The number of nitrogens with zero attached hydrogens (tertiary/aromatic N) is 4. The number of halogens is 7. The van der Waals surface area contributed by atoms with Gasteiger partial charge in [-0.1, -0.05) is 38.1 Å². The van der Waals surface area contributed by atoms with Crippen molar-refractivity contribution in [1.82, 2.24) is 19.2 Å². The van der Waals surface area contributed by atoms with Gasteiger partial charge in [0.05, 0.1) is 39.3 Å². The Morgan fingerprint density at radius 3 is 2.16 bits per heavy atom. The van der Waals surface area contributed by atoms with Crippen LogP contribution in [0.25, 0.3) is 27.8 Å². The van der Waals surface area contributed by atoms with Crippen LogP contribution in [0.3, 0.4) is 0 Å². The lowest BCUT2D eigenvalue weighted by atomic mass is 9.96. The van der Waals surface area contributed by atoms with Crippen molar-refractivity contribution >= 4 is 24.8 Å². The maximum absolute atomic E-state index is 15.7. The summed E-state index contributed by atoms with van der Waals surface area (Å²) in [4.78, 5) is 14.9. The molecule has 0 saturated carbocycles. The predicted octanol–water partition coefficient (Wildman–Crippen LogP) is 10.4. The molecule has 5 aromatic rings. The van der Waals surface area contributed by atoms with Crippen molar-refractivity contribution in [3.8, 4) is 16.9 Å². The summed E-state index contributed by atoms with van der Waals surface area (Å²) in [5.74, 6) is -0.791. The largest absolute Gasteiger partial charge is 0.477 e. The summed E-state index contributed by atoms with van der Waals surface area (Å²) < 4.78 is 133. The zero-order chi connectivity index (χ0) is 41.0. The van der Waals surface area contributed by atoms with Crippen LogP contribution in [0, 0.1) is 5.82 Å². The molecule has 0 unspecified atom stereocenters. The molecule has 0 radical (unpaired) electrons. The van der Waals surface area contributed by atoms with E-state index in [0.29, 0.717) is 41.4 Å². The summed E-state index contributed by atoms with van der Waals surface area (Å²) in [6.07, 6.45) is -8.62. The Morgan fingerprint density at radius 1 is 0.911 bits per heavy atom. The number of hydrogen-bond donors (Lipinski definition) is 0. The Kier molecular flexibility index (Phi) is 11.1.